The van der Waals surface area contributed by atoms with E-state index in [9.17, 15) is 9.90 Å². The van der Waals surface area contributed by atoms with Crippen LogP contribution in [0.2, 0.25) is 0 Å². The Morgan fingerprint density at radius 2 is 2.29 bits per heavy atom. The first-order valence-corrected chi connectivity index (χ1v) is 4.66. The van der Waals surface area contributed by atoms with Crippen molar-refractivity contribution in [1.82, 2.24) is 0 Å². The second kappa shape index (κ2) is 3.80. The van der Waals surface area contributed by atoms with Crippen LogP contribution < -0.4 is 5.11 Å². The van der Waals surface area contributed by atoms with Gasteiger partial charge in [0.15, 0.2) is 0 Å². The van der Waals surface area contributed by atoms with E-state index in [1.54, 1.807) is 0 Å². The van der Waals surface area contributed by atoms with Gasteiger partial charge in [0.1, 0.15) is 0 Å². The number of carboxylic acids is 1. The number of carbonyl (C=O) groups excluding carboxylic acids is 1. The summed E-state index contributed by atoms with van der Waals surface area (Å²) in [7, 11) is 0. The summed E-state index contributed by atoms with van der Waals surface area (Å²) >= 11 is 0. The molecule has 0 radical (unpaired) electrons. The van der Waals surface area contributed by atoms with E-state index in [1.165, 1.54) is 5.56 Å². The van der Waals surface area contributed by atoms with Gasteiger partial charge in [-0.1, -0.05) is 24.3 Å². The van der Waals surface area contributed by atoms with Crippen LogP contribution in [-0.2, 0) is 16.0 Å². The van der Waals surface area contributed by atoms with E-state index in [1.807, 2.05) is 18.2 Å². The smallest absolute Gasteiger partial charge is 0.0869 e. The lowest BCUT2D eigenvalue weighted by Crippen LogP contribution is -2.28. The lowest BCUT2D eigenvalue weighted by molar-refractivity contribution is -0.310. The van der Waals surface area contributed by atoms with Gasteiger partial charge in [-0.15, -0.1) is 0 Å². The Labute approximate surface area is 82.3 Å². The number of ether oxygens (including phenoxy) is 1. The molecule has 0 amide bonds. The topological polar surface area (TPSA) is 49.4 Å². The van der Waals surface area contributed by atoms with E-state index >= 15 is 0 Å². The molecule has 1 unspecified atom stereocenters. The lowest BCUT2D eigenvalue weighted by Gasteiger charge is -2.13. The molecule has 14 heavy (non-hydrogen) atoms. The highest BCUT2D eigenvalue weighted by Gasteiger charge is 2.21. The van der Waals surface area contributed by atoms with E-state index in [0.717, 1.165) is 18.4 Å². The third kappa shape index (κ3) is 1.77. The molecule has 1 aromatic carbocycles. The fourth-order valence-electron chi connectivity index (χ4n) is 1.86. The Morgan fingerprint density at radius 3 is 3.07 bits per heavy atom. The molecular formula is C11H11O3-. The molecule has 0 aromatic heterocycles. The molecule has 3 heteroatoms. The largest absolute Gasteiger partial charge is 0.548 e. The fourth-order valence-corrected chi connectivity index (χ4v) is 1.86. The average molecular weight is 191 g/mol. The second-order valence-electron chi connectivity index (χ2n) is 3.41. The highest BCUT2D eigenvalue weighted by Crippen LogP contribution is 2.33. The van der Waals surface area contributed by atoms with Crippen LogP contribution in [0.5, 0.6) is 0 Å². The van der Waals surface area contributed by atoms with Crippen molar-refractivity contribution in [2.24, 2.45) is 0 Å². The normalized spacial score (nSPS) is 19.3. The molecule has 1 aliphatic rings. The number of hydrogen-bond donors (Lipinski definition) is 0. The highest BCUT2D eigenvalue weighted by molar-refractivity contribution is 5.65. The molecule has 0 saturated heterocycles. The van der Waals surface area contributed by atoms with Crippen molar-refractivity contribution in [3.05, 3.63) is 35.4 Å². The van der Waals surface area contributed by atoms with E-state index in [2.05, 4.69) is 6.07 Å². The van der Waals surface area contributed by atoms with Gasteiger partial charge in [0.05, 0.1) is 18.7 Å². The van der Waals surface area contributed by atoms with Gasteiger partial charge in [-0.2, -0.15) is 0 Å². The summed E-state index contributed by atoms with van der Waals surface area (Å²) in [6.07, 6.45) is 1.77. The van der Waals surface area contributed by atoms with Crippen LogP contribution in [0.1, 0.15) is 23.7 Å². The number of fused-ring (bicyclic) bond motifs is 1. The van der Waals surface area contributed by atoms with Crippen LogP contribution in [-0.4, -0.2) is 12.6 Å². The van der Waals surface area contributed by atoms with Crippen LogP contribution in [0, 0.1) is 0 Å². The first-order chi connectivity index (χ1) is 6.77. The number of benzene rings is 1. The van der Waals surface area contributed by atoms with Gasteiger partial charge in [-0.05, 0) is 24.0 Å². The molecule has 0 N–H and O–H groups in total. The van der Waals surface area contributed by atoms with Gasteiger partial charge in [-0.25, -0.2) is 0 Å². The minimum atomic E-state index is -1.16. The number of hydrogen-bond acceptors (Lipinski definition) is 3. The molecule has 0 fully saturated rings. The molecule has 74 valence electrons. The second-order valence-corrected chi connectivity index (χ2v) is 3.41. The maximum Gasteiger partial charge on any atom is 0.0869 e. The first kappa shape index (κ1) is 9.21. The van der Waals surface area contributed by atoms with Gasteiger partial charge in [0, 0.05) is 0 Å². The van der Waals surface area contributed by atoms with Crippen LogP contribution >= 0.6 is 0 Å². The van der Waals surface area contributed by atoms with Crippen LogP contribution in [0.3, 0.4) is 0 Å². The zero-order valence-electron chi connectivity index (χ0n) is 7.73. The lowest BCUT2D eigenvalue weighted by atomic mass is 10.1. The number of aliphatic carboxylic acids is 1. The summed E-state index contributed by atoms with van der Waals surface area (Å²) < 4.78 is 5.23. The zero-order chi connectivity index (χ0) is 9.97. The number of carboxylic acid groups (broad SMARTS) is 1. The molecule has 1 aliphatic carbocycles. The van der Waals surface area contributed by atoms with Crippen molar-refractivity contribution in [1.29, 1.82) is 0 Å². The Morgan fingerprint density at radius 1 is 1.50 bits per heavy atom. The number of carbonyl (C=O) groups is 1. The Hall–Kier alpha value is -1.35. The predicted molar refractivity (Wildman–Crippen MR) is 48.5 cm³/mol. The summed E-state index contributed by atoms with van der Waals surface area (Å²) in [5.74, 6) is -1.16. The Balaban J connectivity index is 2.07. The molecule has 3 nitrogen and oxygen atoms in total. The van der Waals surface area contributed by atoms with Gasteiger partial charge < -0.3 is 14.6 Å². The molecular weight excluding hydrogens is 180 g/mol. The molecule has 1 atom stereocenters. The predicted octanol–water partition coefficient (Wildman–Crippen LogP) is 0.440. The summed E-state index contributed by atoms with van der Waals surface area (Å²) in [5.41, 5.74) is 2.38. The van der Waals surface area contributed by atoms with Crippen molar-refractivity contribution in [2.75, 3.05) is 6.61 Å². The average Bonchev–Trinajstić information content (AvgIpc) is 2.58. The third-order valence-corrected chi connectivity index (χ3v) is 2.48. The van der Waals surface area contributed by atoms with Crippen molar-refractivity contribution in [3.63, 3.8) is 0 Å². The molecule has 0 saturated carbocycles. The number of rotatable bonds is 3. The molecule has 2 rings (SSSR count). The molecule has 0 aliphatic heterocycles. The van der Waals surface area contributed by atoms with Crippen molar-refractivity contribution in [3.8, 4) is 0 Å². The Kier molecular flexibility index (Phi) is 2.50. The SMILES string of the molecule is O=C([O-])COC1CCc2ccccc21. The number of aryl methyl sites for hydroxylation is 1. The minimum Gasteiger partial charge on any atom is -0.548 e. The van der Waals surface area contributed by atoms with E-state index < -0.39 is 5.97 Å². The quantitative estimate of drug-likeness (QED) is 0.696. The third-order valence-electron chi connectivity index (χ3n) is 2.48. The molecule has 0 heterocycles. The molecule has 0 spiro atoms. The Bertz CT molecular complexity index is 346. The summed E-state index contributed by atoms with van der Waals surface area (Å²) in [4.78, 5) is 10.2. The van der Waals surface area contributed by atoms with Gasteiger partial charge in [0.2, 0.25) is 0 Å². The van der Waals surface area contributed by atoms with Crippen LogP contribution in [0.25, 0.3) is 0 Å². The minimum absolute atomic E-state index is 0.0656. The van der Waals surface area contributed by atoms with E-state index in [0.29, 0.717) is 0 Å². The van der Waals surface area contributed by atoms with E-state index in [-0.39, 0.29) is 12.7 Å². The van der Waals surface area contributed by atoms with Crippen LogP contribution in [0.15, 0.2) is 24.3 Å². The maximum atomic E-state index is 10.2. The monoisotopic (exact) mass is 191 g/mol. The van der Waals surface area contributed by atoms with Crippen molar-refractivity contribution >= 4 is 5.97 Å². The zero-order valence-corrected chi connectivity index (χ0v) is 7.73. The van der Waals surface area contributed by atoms with Gasteiger partial charge in [-0.3, -0.25) is 0 Å². The molecule has 1 aromatic rings. The van der Waals surface area contributed by atoms with Crippen molar-refractivity contribution < 1.29 is 14.6 Å². The van der Waals surface area contributed by atoms with Gasteiger partial charge in [0.25, 0.3) is 0 Å². The summed E-state index contributed by atoms with van der Waals surface area (Å²) in [5, 5.41) is 10.2. The summed E-state index contributed by atoms with van der Waals surface area (Å²) in [6, 6.07) is 7.97. The van der Waals surface area contributed by atoms with Gasteiger partial charge >= 0.3 is 0 Å². The van der Waals surface area contributed by atoms with Crippen molar-refractivity contribution in [2.45, 2.75) is 18.9 Å². The molecule has 0 bridgehead atoms. The van der Waals surface area contributed by atoms with Crippen LogP contribution in [0.4, 0.5) is 0 Å². The first-order valence-electron chi connectivity index (χ1n) is 4.66. The maximum absolute atomic E-state index is 10.2. The highest BCUT2D eigenvalue weighted by atomic mass is 16.5. The fraction of sp³-hybridized carbons (Fsp3) is 0.364. The standard InChI is InChI=1S/C11H12O3/c12-11(13)7-14-10-6-5-8-3-1-2-4-9(8)10/h1-4,10H,5-7H2,(H,12,13)/p-1. The van der Waals surface area contributed by atoms with E-state index in [4.69, 9.17) is 4.74 Å². The summed E-state index contributed by atoms with van der Waals surface area (Å²) in [6.45, 7) is -0.320.